The van der Waals surface area contributed by atoms with Gasteiger partial charge in [-0.05, 0) is 17.7 Å². The van der Waals surface area contributed by atoms with Crippen molar-refractivity contribution >= 4 is 5.91 Å². The maximum Gasteiger partial charge on any atom is 0.245 e. The first kappa shape index (κ1) is 16.8. The van der Waals surface area contributed by atoms with Gasteiger partial charge in [0.25, 0.3) is 0 Å². The highest BCUT2D eigenvalue weighted by Crippen LogP contribution is 2.64. The van der Waals surface area contributed by atoms with Crippen LogP contribution in [0.25, 0.3) is 0 Å². The normalized spacial score (nSPS) is 35.0. The molecule has 4 unspecified atom stereocenters. The molecule has 7 heteroatoms. The van der Waals surface area contributed by atoms with Crippen molar-refractivity contribution in [2.45, 2.75) is 25.0 Å². The number of benzene rings is 1. The number of nitrogens with one attached hydrogen (secondary N) is 1. The quantitative estimate of drug-likeness (QED) is 0.834. The highest BCUT2D eigenvalue weighted by molar-refractivity contribution is 5.92. The van der Waals surface area contributed by atoms with Gasteiger partial charge < -0.3 is 15.2 Å². The summed E-state index contributed by atoms with van der Waals surface area (Å²) in [6.45, 7) is 1.67. The first-order valence-corrected chi connectivity index (χ1v) is 7.77. The Hall–Kier alpha value is -3.08. The van der Waals surface area contributed by atoms with Crippen molar-refractivity contribution in [2.75, 3.05) is 7.11 Å². The molecule has 3 rings (SSSR count). The van der Waals surface area contributed by atoms with E-state index in [-0.39, 0.29) is 6.42 Å². The number of fused-ring (bicyclic) bond motifs is 2. The monoisotopic (exact) mass is 336 g/mol. The number of carbonyl (C=O) groups is 1. The molecule has 2 bridgehead atoms. The highest BCUT2D eigenvalue weighted by atomic mass is 16.5. The van der Waals surface area contributed by atoms with Gasteiger partial charge in [0.15, 0.2) is 10.8 Å². The lowest BCUT2D eigenvalue weighted by Gasteiger charge is -2.48. The Morgan fingerprint density at radius 2 is 1.80 bits per heavy atom. The van der Waals surface area contributed by atoms with Crippen LogP contribution in [0, 0.1) is 50.7 Å². The minimum absolute atomic E-state index is 0.287. The Morgan fingerprint density at radius 1 is 1.20 bits per heavy atom. The molecule has 0 radical (unpaired) electrons. The predicted octanol–water partition coefficient (Wildman–Crippen LogP) is 1.18. The molecular weight excluding hydrogens is 320 g/mol. The van der Waals surface area contributed by atoms with E-state index in [9.17, 15) is 25.7 Å². The lowest BCUT2D eigenvalue weighted by atomic mass is 9.49. The zero-order chi connectivity index (χ0) is 18.5. The summed E-state index contributed by atoms with van der Waals surface area (Å²) < 4.78 is 5.12. The molecule has 2 N–H and O–H groups in total. The van der Waals surface area contributed by atoms with Gasteiger partial charge in [0, 0.05) is 18.3 Å². The molecule has 2 fully saturated rings. The van der Waals surface area contributed by atoms with Gasteiger partial charge in [-0.25, -0.2) is 0 Å². The lowest BCUT2D eigenvalue weighted by molar-refractivity contribution is -0.128. The van der Waals surface area contributed by atoms with Gasteiger partial charge in [-0.2, -0.15) is 15.8 Å². The topological polar surface area (TPSA) is 130 Å². The molecule has 126 valence electrons. The first-order valence-electron chi connectivity index (χ1n) is 7.77. The van der Waals surface area contributed by atoms with E-state index < -0.39 is 34.3 Å². The van der Waals surface area contributed by atoms with Crippen LogP contribution < -0.4 is 10.1 Å². The number of carbonyl (C=O) groups excluding carboxylic acids is 1. The summed E-state index contributed by atoms with van der Waals surface area (Å²) in [5, 5.41) is 42.9. The third kappa shape index (κ3) is 1.83. The van der Waals surface area contributed by atoms with Crippen molar-refractivity contribution in [1.29, 1.82) is 15.8 Å². The summed E-state index contributed by atoms with van der Waals surface area (Å²) >= 11 is 0. The second-order valence-corrected chi connectivity index (χ2v) is 6.64. The summed E-state index contributed by atoms with van der Waals surface area (Å²) in [5.74, 6) is -1.65. The molecule has 1 amide bonds. The van der Waals surface area contributed by atoms with Crippen LogP contribution >= 0.6 is 0 Å². The van der Waals surface area contributed by atoms with Crippen LogP contribution in [0.4, 0.5) is 0 Å². The smallest absolute Gasteiger partial charge is 0.245 e. The van der Waals surface area contributed by atoms with Crippen LogP contribution in [0.2, 0.25) is 0 Å². The third-order valence-corrected chi connectivity index (χ3v) is 5.66. The van der Waals surface area contributed by atoms with Crippen LogP contribution in [0.15, 0.2) is 24.3 Å². The lowest BCUT2D eigenvalue weighted by Crippen LogP contribution is -2.56. The van der Waals surface area contributed by atoms with Crippen LogP contribution in [0.1, 0.15) is 24.8 Å². The number of aliphatic hydroxyl groups is 1. The summed E-state index contributed by atoms with van der Waals surface area (Å²) in [6, 6.07) is 12.5. The minimum Gasteiger partial charge on any atom is -0.497 e. The number of ether oxygens (including phenoxy) is 1. The average molecular weight is 336 g/mol. The van der Waals surface area contributed by atoms with E-state index in [0.717, 1.165) is 0 Å². The Morgan fingerprint density at radius 3 is 2.28 bits per heavy atom. The van der Waals surface area contributed by atoms with Crippen LogP contribution in [-0.2, 0) is 4.79 Å². The van der Waals surface area contributed by atoms with E-state index in [4.69, 9.17) is 4.74 Å². The molecule has 4 atom stereocenters. The summed E-state index contributed by atoms with van der Waals surface area (Å²) in [7, 11) is 1.52. The fraction of sp³-hybridized carbons (Fsp3) is 0.444. The van der Waals surface area contributed by atoms with Crippen LogP contribution in [0.5, 0.6) is 5.75 Å². The van der Waals surface area contributed by atoms with E-state index in [1.54, 1.807) is 31.2 Å². The van der Waals surface area contributed by atoms with Crippen molar-refractivity contribution < 1.29 is 14.6 Å². The zero-order valence-corrected chi connectivity index (χ0v) is 13.8. The Bertz CT molecular complexity index is 846. The van der Waals surface area contributed by atoms with E-state index in [0.29, 0.717) is 11.3 Å². The maximum atomic E-state index is 12.6. The zero-order valence-electron chi connectivity index (χ0n) is 13.8. The highest BCUT2D eigenvalue weighted by Gasteiger charge is 2.76. The second kappa shape index (κ2) is 5.21. The molecule has 1 saturated carbocycles. The van der Waals surface area contributed by atoms with Gasteiger partial charge in [0.2, 0.25) is 5.91 Å². The van der Waals surface area contributed by atoms with Gasteiger partial charge in [-0.3, -0.25) is 4.79 Å². The van der Waals surface area contributed by atoms with Crippen LogP contribution in [0.3, 0.4) is 0 Å². The minimum atomic E-state index is -1.93. The molecule has 1 aromatic carbocycles. The molecule has 25 heavy (non-hydrogen) atoms. The van der Waals surface area contributed by atoms with Crippen molar-refractivity contribution in [2.24, 2.45) is 16.7 Å². The van der Waals surface area contributed by atoms with E-state index >= 15 is 0 Å². The molecule has 1 aromatic rings. The SMILES string of the molecule is COc1ccc(C2C(C)C3(O)CC(C#N)(C(=O)N3)C2(C#N)C#N)cc1. The molecule has 0 spiro atoms. The molecule has 2 aliphatic rings. The number of nitriles is 3. The first-order chi connectivity index (χ1) is 11.8. The molecule has 7 nitrogen and oxygen atoms in total. The fourth-order valence-electron chi connectivity index (χ4n) is 4.22. The molecule has 0 aromatic heterocycles. The Kier molecular flexibility index (Phi) is 3.49. The van der Waals surface area contributed by atoms with Gasteiger partial charge in [-0.15, -0.1) is 0 Å². The Labute approximate surface area is 145 Å². The fourth-order valence-corrected chi connectivity index (χ4v) is 4.22. The van der Waals surface area contributed by atoms with Gasteiger partial charge in [0.05, 0.1) is 25.3 Å². The van der Waals surface area contributed by atoms with E-state index in [2.05, 4.69) is 5.32 Å². The molecule has 1 saturated heterocycles. The number of methoxy groups -OCH3 is 1. The van der Waals surface area contributed by atoms with Crippen LogP contribution in [-0.4, -0.2) is 23.8 Å². The average Bonchev–Trinajstić information content (AvgIpc) is 2.89. The Balaban J connectivity index is 2.28. The standard InChI is InChI=1S/C18H16N4O3/c1-11-14(12-3-5-13(25-2)6-4-12)17(9-20,10-21)16(8-19)7-18(11,24)22-15(16)23/h3-6,11,14,24H,7H2,1-2H3,(H,22,23). The second-order valence-electron chi connectivity index (χ2n) is 6.64. The number of hydrogen-bond acceptors (Lipinski definition) is 6. The number of rotatable bonds is 2. The maximum absolute atomic E-state index is 12.6. The van der Waals surface area contributed by atoms with Crippen molar-refractivity contribution in [1.82, 2.24) is 5.32 Å². The third-order valence-electron chi connectivity index (χ3n) is 5.66. The molecule has 1 heterocycles. The van der Waals surface area contributed by atoms with Crippen molar-refractivity contribution in [3.8, 4) is 24.0 Å². The number of hydrogen-bond donors (Lipinski definition) is 2. The van der Waals surface area contributed by atoms with Gasteiger partial charge >= 0.3 is 0 Å². The van der Waals surface area contributed by atoms with Crippen molar-refractivity contribution in [3.05, 3.63) is 29.8 Å². The van der Waals surface area contributed by atoms with E-state index in [1.807, 2.05) is 18.2 Å². The van der Waals surface area contributed by atoms with Gasteiger partial charge in [0.1, 0.15) is 11.5 Å². The van der Waals surface area contributed by atoms with Gasteiger partial charge in [-0.1, -0.05) is 19.1 Å². The summed E-state index contributed by atoms with van der Waals surface area (Å²) in [6.07, 6.45) is -0.287. The molecule has 1 aliphatic heterocycles. The van der Waals surface area contributed by atoms with Crippen molar-refractivity contribution in [3.63, 3.8) is 0 Å². The molecular formula is C18H16N4O3. The number of nitrogens with zero attached hydrogens (tertiary/aromatic N) is 3. The summed E-state index contributed by atoms with van der Waals surface area (Å²) in [4.78, 5) is 12.6. The predicted molar refractivity (Wildman–Crippen MR) is 84.3 cm³/mol. The largest absolute Gasteiger partial charge is 0.497 e. The van der Waals surface area contributed by atoms with E-state index in [1.165, 1.54) is 7.11 Å². The molecule has 1 aliphatic carbocycles. The number of amides is 1. The summed E-state index contributed by atoms with van der Waals surface area (Å²) in [5.41, 5.74) is -4.90.